The number of rotatable bonds is 7. The number of ether oxygens (including phenoxy) is 1. The molecule has 0 saturated heterocycles. The Hall–Kier alpha value is -0.570. The highest BCUT2D eigenvalue weighted by atomic mass is 35.5. The SMILES string of the molecule is CCCCO[C@]1(c2cc(CC)ccc2CC)CC[C@@H](N)CC1.Cl. The molecule has 3 heteroatoms. The molecule has 2 rings (SSSR count). The molecule has 0 amide bonds. The maximum atomic E-state index is 6.53. The molecule has 0 heterocycles. The van der Waals surface area contributed by atoms with Crippen LogP contribution in [0.2, 0.25) is 0 Å². The van der Waals surface area contributed by atoms with E-state index in [9.17, 15) is 0 Å². The molecular formula is C20H34ClNO. The van der Waals surface area contributed by atoms with E-state index in [2.05, 4.69) is 39.0 Å². The fourth-order valence-corrected chi connectivity index (χ4v) is 3.59. The molecule has 1 aromatic carbocycles. The van der Waals surface area contributed by atoms with Gasteiger partial charge in [-0.15, -0.1) is 12.4 Å². The normalized spacial score (nSPS) is 24.3. The van der Waals surface area contributed by atoms with Crippen LogP contribution in [0.4, 0.5) is 0 Å². The van der Waals surface area contributed by atoms with Crippen molar-refractivity contribution in [2.24, 2.45) is 5.73 Å². The van der Waals surface area contributed by atoms with Crippen molar-refractivity contribution in [1.82, 2.24) is 0 Å². The first-order chi connectivity index (χ1) is 10.6. The quantitative estimate of drug-likeness (QED) is 0.697. The number of hydrogen-bond acceptors (Lipinski definition) is 2. The zero-order valence-corrected chi connectivity index (χ0v) is 15.9. The molecule has 1 aliphatic rings. The molecule has 0 aliphatic heterocycles. The Morgan fingerprint density at radius 2 is 1.83 bits per heavy atom. The molecule has 1 aliphatic carbocycles. The zero-order valence-electron chi connectivity index (χ0n) is 15.1. The lowest BCUT2D eigenvalue weighted by Gasteiger charge is -2.41. The third-order valence-corrected chi connectivity index (χ3v) is 5.17. The smallest absolute Gasteiger partial charge is 0.0935 e. The molecule has 0 unspecified atom stereocenters. The first-order valence-electron chi connectivity index (χ1n) is 9.17. The Morgan fingerprint density at radius 1 is 1.13 bits per heavy atom. The Morgan fingerprint density at radius 3 is 2.39 bits per heavy atom. The fourth-order valence-electron chi connectivity index (χ4n) is 3.59. The number of benzene rings is 1. The highest BCUT2D eigenvalue weighted by Crippen LogP contribution is 2.42. The van der Waals surface area contributed by atoms with Crippen LogP contribution in [0, 0.1) is 0 Å². The zero-order chi connectivity index (χ0) is 16.0. The van der Waals surface area contributed by atoms with Crippen LogP contribution < -0.4 is 5.73 Å². The van der Waals surface area contributed by atoms with Gasteiger partial charge in [0.1, 0.15) is 0 Å². The molecule has 132 valence electrons. The lowest BCUT2D eigenvalue weighted by Crippen LogP contribution is -2.40. The van der Waals surface area contributed by atoms with E-state index in [4.69, 9.17) is 10.5 Å². The van der Waals surface area contributed by atoms with Gasteiger partial charge in [-0.05, 0) is 61.6 Å². The molecule has 0 radical (unpaired) electrons. The van der Waals surface area contributed by atoms with Gasteiger partial charge in [0.2, 0.25) is 0 Å². The van der Waals surface area contributed by atoms with Crippen molar-refractivity contribution in [2.75, 3.05) is 6.61 Å². The van der Waals surface area contributed by atoms with Crippen molar-refractivity contribution >= 4 is 12.4 Å². The number of halogens is 1. The minimum Gasteiger partial charge on any atom is -0.370 e. The van der Waals surface area contributed by atoms with E-state index >= 15 is 0 Å². The molecule has 1 aromatic rings. The minimum absolute atomic E-state index is 0. The van der Waals surface area contributed by atoms with Crippen LogP contribution in [0.5, 0.6) is 0 Å². The van der Waals surface area contributed by atoms with Gasteiger partial charge in [0, 0.05) is 12.6 Å². The van der Waals surface area contributed by atoms with Crippen molar-refractivity contribution in [3.05, 3.63) is 34.9 Å². The Balaban J connectivity index is 0.00000264. The highest BCUT2D eigenvalue weighted by Gasteiger charge is 2.38. The summed E-state index contributed by atoms with van der Waals surface area (Å²) in [7, 11) is 0. The first-order valence-corrected chi connectivity index (χ1v) is 9.17. The van der Waals surface area contributed by atoms with E-state index in [1.807, 2.05) is 0 Å². The van der Waals surface area contributed by atoms with E-state index in [1.165, 1.54) is 23.1 Å². The predicted octanol–water partition coefficient (Wildman–Crippen LogP) is 5.15. The average Bonchev–Trinajstić information content (AvgIpc) is 2.56. The standard InChI is InChI=1S/C20H33NO.ClH/c1-4-7-14-22-20(12-10-18(21)11-13-20)19-15-16(5-2)8-9-17(19)6-3;/h8-9,15,18H,4-7,10-14,21H2,1-3H3;1H/t18-,20-;. The average molecular weight is 340 g/mol. The second-order valence-corrected chi connectivity index (χ2v) is 6.73. The fraction of sp³-hybridized carbons (Fsp3) is 0.700. The van der Waals surface area contributed by atoms with Crippen molar-refractivity contribution in [3.63, 3.8) is 0 Å². The van der Waals surface area contributed by atoms with Gasteiger partial charge in [-0.25, -0.2) is 0 Å². The van der Waals surface area contributed by atoms with Gasteiger partial charge in [-0.3, -0.25) is 0 Å². The number of hydrogen-bond donors (Lipinski definition) is 1. The number of nitrogens with two attached hydrogens (primary N) is 1. The molecule has 1 saturated carbocycles. The van der Waals surface area contributed by atoms with Crippen LogP contribution in [0.25, 0.3) is 0 Å². The van der Waals surface area contributed by atoms with Crippen LogP contribution in [0.15, 0.2) is 18.2 Å². The van der Waals surface area contributed by atoms with Crippen molar-refractivity contribution in [2.45, 2.75) is 83.8 Å². The van der Waals surface area contributed by atoms with Gasteiger partial charge in [-0.1, -0.05) is 45.4 Å². The second kappa shape index (κ2) is 9.66. The van der Waals surface area contributed by atoms with Gasteiger partial charge in [-0.2, -0.15) is 0 Å². The molecular weight excluding hydrogens is 306 g/mol. The summed E-state index contributed by atoms with van der Waals surface area (Å²) in [6, 6.07) is 7.34. The lowest BCUT2D eigenvalue weighted by molar-refractivity contribution is -0.0800. The summed E-state index contributed by atoms with van der Waals surface area (Å²) in [5.74, 6) is 0. The Bertz CT molecular complexity index is 467. The van der Waals surface area contributed by atoms with E-state index in [1.54, 1.807) is 0 Å². The van der Waals surface area contributed by atoms with Crippen molar-refractivity contribution in [3.8, 4) is 0 Å². The maximum Gasteiger partial charge on any atom is 0.0935 e. The minimum atomic E-state index is -0.0957. The maximum absolute atomic E-state index is 6.53. The van der Waals surface area contributed by atoms with Crippen LogP contribution >= 0.6 is 12.4 Å². The summed E-state index contributed by atoms with van der Waals surface area (Å²) in [6.45, 7) is 7.57. The van der Waals surface area contributed by atoms with E-state index < -0.39 is 0 Å². The predicted molar refractivity (Wildman–Crippen MR) is 101 cm³/mol. The number of unbranched alkanes of at least 4 members (excludes halogenated alkanes) is 1. The van der Waals surface area contributed by atoms with Gasteiger partial charge >= 0.3 is 0 Å². The molecule has 1 fully saturated rings. The Labute approximate surface area is 148 Å². The van der Waals surface area contributed by atoms with Crippen LogP contribution in [0.1, 0.15) is 76.0 Å². The van der Waals surface area contributed by atoms with Crippen molar-refractivity contribution < 1.29 is 4.74 Å². The third kappa shape index (κ3) is 4.95. The Kier molecular flexibility index (Phi) is 8.60. The molecule has 0 atom stereocenters. The molecule has 2 N–H and O–H groups in total. The third-order valence-electron chi connectivity index (χ3n) is 5.17. The van der Waals surface area contributed by atoms with Crippen LogP contribution in [-0.2, 0) is 23.2 Å². The van der Waals surface area contributed by atoms with E-state index in [-0.39, 0.29) is 18.0 Å². The van der Waals surface area contributed by atoms with Crippen molar-refractivity contribution in [1.29, 1.82) is 0 Å². The molecule has 0 bridgehead atoms. The molecule has 0 spiro atoms. The summed E-state index contributed by atoms with van der Waals surface area (Å²) in [5.41, 5.74) is 10.4. The van der Waals surface area contributed by atoms with E-state index in [0.29, 0.717) is 6.04 Å². The largest absolute Gasteiger partial charge is 0.370 e. The topological polar surface area (TPSA) is 35.2 Å². The summed E-state index contributed by atoms with van der Waals surface area (Å²) in [5, 5.41) is 0. The van der Waals surface area contributed by atoms with Gasteiger partial charge in [0.25, 0.3) is 0 Å². The van der Waals surface area contributed by atoms with Gasteiger partial charge < -0.3 is 10.5 Å². The van der Waals surface area contributed by atoms with E-state index in [0.717, 1.165) is 51.6 Å². The van der Waals surface area contributed by atoms with Gasteiger partial charge in [0.15, 0.2) is 0 Å². The summed E-state index contributed by atoms with van der Waals surface area (Å²) in [4.78, 5) is 0. The first kappa shape index (κ1) is 20.5. The molecule has 23 heavy (non-hydrogen) atoms. The molecule has 0 aromatic heterocycles. The van der Waals surface area contributed by atoms with Gasteiger partial charge in [0.05, 0.1) is 5.60 Å². The van der Waals surface area contributed by atoms with Crippen LogP contribution in [0.3, 0.4) is 0 Å². The summed E-state index contributed by atoms with van der Waals surface area (Å²) in [6.07, 6.45) is 8.77. The highest BCUT2D eigenvalue weighted by molar-refractivity contribution is 5.85. The van der Waals surface area contributed by atoms with Crippen LogP contribution in [-0.4, -0.2) is 12.6 Å². The second-order valence-electron chi connectivity index (χ2n) is 6.73. The number of aryl methyl sites for hydroxylation is 2. The molecule has 2 nitrogen and oxygen atoms in total. The summed E-state index contributed by atoms with van der Waals surface area (Å²) < 4.78 is 6.53. The summed E-state index contributed by atoms with van der Waals surface area (Å²) >= 11 is 0. The lowest BCUT2D eigenvalue weighted by atomic mass is 9.75. The monoisotopic (exact) mass is 339 g/mol.